The van der Waals surface area contributed by atoms with Crippen LogP contribution in [0.3, 0.4) is 0 Å². The van der Waals surface area contributed by atoms with Crippen molar-refractivity contribution < 1.29 is 29.0 Å². The number of amides is 4. The third-order valence-electron chi connectivity index (χ3n) is 9.22. The SMILES string of the molecule is C[C@H](CO)N1C[C@H](C)[C@@H](CN(C)C(=O)CCCN(C)C)OCCCC[C@H](C)Oc2ccc(NC(=O)Nc3cccc4ccccc34)cc2C1=O. The van der Waals surface area contributed by atoms with Crippen molar-refractivity contribution in [2.75, 3.05) is 64.6 Å². The van der Waals surface area contributed by atoms with Crippen LogP contribution in [0, 0.1) is 5.92 Å². The van der Waals surface area contributed by atoms with Gasteiger partial charge in [-0.1, -0.05) is 43.3 Å². The van der Waals surface area contributed by atoms with Crippen molar-refractivity contribution in [2.24, 2.45) is 5.92 Å². The van der Waals surface area contributed by atoms with Crippen molar-refractivity contribution >= 4 is 40.0 Å². The zero-order chi connectivity index (χ0) is 36.2. The summed E-state index contributed by atoms with van der Waals surface area (Å²) in [5.41, 5.74) is 1.38. The quantitative estimate of drug-likeness (QED) is 0.236. The third-order valence-corrected chi connectivity index (χ3v) is 9.22. The number of nitrogens with zero attached hydrogens (tertiary/aromatic N) is 3. The molecule has 0 fully saturated rings. The van der Waals surface area contributed by atoms with Crippen LogP contribution in [-0.2, 0) is 9.53 Å². The monoisotopic (exact) mass is 689 g/mol. The molecule has 3 N–H and O–H groups in total. The predicted molar refractivity (Wildman–Crippen MR) is 199 cm³/mol. The fourth-order valence-electron chi connectivity index (χ4n) is 6.19. The second-order valence-corrected chi connectivity index (χ2v) is 13.8. The molecule has 4 rings (SSSR count). The number of aliphatic hydroxyl groups excluding tert-OH is 1. The number of ether oxygens (including phenoxy) is 2. The molecule has 1 aliphatic heterocycles. The number of aliphatic hydroxyl groups is 1. The molecule has 11 nitrogen and oxygen atoms in total. The van der Waals surface area contributed by atoms with Crippen LogP contribution in [0.4, 0.5) is 16.2 Å². The first-order valence-electron chi connectivity index (χ1n) is 17.7. The summed E-state index contributed by atoms with van der Waals surface area (Å²) in [6.07, 6.45) is 3.18. The molecule has 4 atom stereocenters. The molecule has 0 saturated heterocycles. The average molecular weight is 690 g/mol. The lowest BCUT2D eigenvalue weighted by atomic mass is 10.0. The van der Waals surface area contributed by atoms with E-state index < -0.39 is 12.1 Å². The molecule has 50 heavy (non-hydrogen) atoms. The van der Waals surface area contributed by atoms with Gasteiger partial charge in [0.25, 0.3) is 5.91 Å². The van der Waals surface area contributed by atoms with Gasteiger partial charge in [-0.2, -0.15) is 0 Å². The number of rotatable bonds is 10. The van der Waals surface area contributed by atoms with E-state index in [9.17, 15) is 19.5 Å². The van der Waals surface area contributed by atoms with Crippen molar-refractivity contribution in [3.63, 3.8) is 0 Å². The smallest absolute Gasteiger partial charge is 0.323 e. The predicted octanol–water partition coefficient (Wildman–Crippen LogP) is 6.08. The maximum absolute atomic E-state index is 14.4. The summed E-state index contributed by atoms with van der Waals surface area (Å²) in [7, 11) is 5.79. The molecule has 3 aromatic carbocycles. The van der Waals surface area contributed by atoms with Crippen LogP contribution in [0.2, 0.25) is 0 Å². The number of benzene rings is 3. The van der Waals surface area contributed by atoms with Crippen LogP contribution in [0.15, 0.2) is 60.7 Å². The Balaban J connectivity index is 1.58. The Morgan fingerprint density at radius 1 is 1.02 bits per heavy atom. The van der Waals surface area contributed by atoms with Crippen molar-refractivity contribution in [2.45, 2.75) is 71.1 Å². The molecule has 1 aliphatic rings. The van der Waals surface area contributed by atoms with Gasteiger partial charge in [0.05, 0.1) is 36.1 Å². The highest BCUT2D eigenvalue weighted by molar-refractivity contribution is 6.07. The van der Waals surface area contributed by atoms with Crippen molar-refractivity contribution in [1.29, 1.82) is 0 Å². The number of carbonyl (C=O) groups excluding carboxylic acids is 3. The van der Waals surface area contributed by atoms with Gasteiger partial charge in [0.2, 0.25) is 5.91 Å². The van der Waals surface area contributed by atoms with Crippen molar-refractivity contribution in [3.05, 3.63) is 66.2 Å². The molecule has 3 aromatic rings. The van der Waals surface area contributed by atoms with E-state index in [2.05, 4.69) is 15.5 Å². The topological polar surface area (TPSA) is 124 Å². The molecule has 4 amide bonds. The molecule has 0 spiro atoms. The van der Waals surface area contributed by atoms with E-state index in [1.165, 1.54) is 0 Å². The minimum atomic E-state index is -0.513. The minimum Gasteiger partial charge on any atom is -0.490 e. The van der Waals surface area contributed by atoms with E-state index in [4.69, 9.17) is 9.47 Å². The van der Waals surface area contributed by atoms with Gasteiger partial charge < -0.3 is 39.9 Å². The largest absolute Gasteiger partial charge is 0.490 e. The summed E-state index contributed by atoms with van der Waals surface area (Å²) < 4.78 is 12.7. The number of likely N-dealkylation sites (N-methyl/N-ethyl adjacent to an activating group) is 1. The molecule has 11 heteroatoms. The first kappa shape index (κ1) is 38.6. The maximum atomic E-state index is 14.4. The van der Waals surface area contributed by atoms with Crippen molar-refractivity contribution in [3.8, 4) is 5.75 Å². The minimum absolute atomic E-state index is 0.0585. The van der Waals surface area contributed by atoms with Gasteiger partial charge in [-0.3, -0.25) is 9.59 Å². The fraction of sp³-hybridized carbons (Fsp3) is 0.513. The summed E-state index contributed by atoms with van der Waals surface area (Å²) >= 11 is 0. The van der Waals surface area contributed by atoms with Gasteiger partial charge in [0.1, 0.15) is 5.75 Å². The van der Waals surface area contributed by atoms with Crippen LogP contribution in [0.5, 0.6) is 5.75 Å². The summed E-state index contributed by atoms with van der Waals surface area (Å²) in [4.78, 5) is 46.1. The number of hydrogen-bond acceptors (Lipinski definition) is 7. The summed E-state index contributed by atoms with van der Waals surface area (Å²) in [6, 6.07) is 17.6. The third kappa shape index (κ3) is 10.9. The maximum Gasteiger partial charge on any atom is 0.323 e. The van der Waals surface area contributed by atoms with Crippen LogP contribution in [0.1, 0.15) is 63.2 Å². The molecular formula is C39H55N5O6. The Morgan fingerprint density at radius 2 is 1.78 bits per heavy atom. The molecule has 0 unspecified atom stereocenters. The highest BCUT2D eigenvalue weighted by atomic mass is 16.5. The summed E-state index contributed by atoms with van der Waals surface area (Å²) in [5.74, 6) is -0.0204. The Morgan fingerprint density at radius 3 is 2.54 bits per heavy atom. The Kier molecular flexibility index (Phi) is 14.4. The number of nitrogens with one attached hydrogen (secondary N) is 2. The zero-order valence-corrected chi connectivity index (χ0v) is 30.5. The van der Waals surface area contributed by atoms with Crippen LogP contribution in [-0.4, -0.2) is 110 Å². The highest BCUT2D eigenvalue weighted by Gasteiger charge is 2.31. The zero-order valence-electron chi connectivity index (χ0n) is 30.5. The van der Waals surface area contributed by atoms with E-state index in [0.717, 1.165) is 43.0 Å². The number of hydrogen-bond donors (Lipinski definition) is 3. The summed E-state index contributed by atoms with van der Waals surface area (Å²) in [5, 5.41) is 18.0. The molecule has 0 aliphatic carbocycles. The second kappa shape index (κ2) is 18.7. The van der Waals surface area contributed by atoms with E-state index in [1.807, 2.05) is 70.4 Å². The van der Waals surface area contributed by atoms with Gasteiger partial charge >= 0.3 is 6.03 Å². The molecule has 272 valence electrons. The van der Waals surface area contributed by atoms with E-state index in [0.29, 0.717) is 36.7 Å². The number of carbonyl (C=O) groups is 3. The summed E-state index contributed by atoms with van der Waals surface area (Å²) in [6.45, 7) is 7.58. The Labute approximate surface area is 296 Å². The Hall–Kier alpha value is -4.19. The highest BCUT2D eigenvalue weighted by Crippen LogP contribution is 2.29. The van der Waals surface area contributed by atoms with Crippen LogP contribution < -0.4 is 15.4 Å². The molecular weight excluding hydrogens is 634 g/mol. The first-order chi connectivity index (χ1) is 24.0. The first-order valence-corrected chi connectivity index (χ1v) is 17.7. The second-order valence-electron chi connectivity index (χ2n) is 13.8. The van der Waals surface area contributed by atoms with Gasteiger partial charge in [-0.15, -0.1) is 0 Å². The molecule has 1 heterocycles. The van der Waals surface area contributed by atoms with E-state index >= 15 is 0 Å². The normalized spacial score (nSPS) is 19.6. The fourth-order valence-corrected chi connectivity index (χ4v) is 6.19. The van der Waals surface area contributed by atoms with Crippen molar-refractivity contribution in [1.82, 2.24) is 14.7 Å². The molecule has 0 aromatic heterocycles. The molecule has 0 bridgehead atoms. The number of anilines is 2. The lowest BCUT2D eigenvalue weighted by molar-refractivity contribution is -0.132. The van der Waals surface area contributed by atoms with Gasteiger partial charge in [-0.25, -0.2) is 4.79 Å². The standard InChI is InChI=1S/C39H55N5O6/c1-27-24-44(28(2)26-45)38(47)33-23-31(40-39(48)41-34-17-11-15-30-14-7-8-16-32(30)34)19-20-35(33)50-29(3)13-9-10-22-49-36(27)25-43(6)37(46)18-12-21-42(4)5/h7-8,11,14-17,19-20,23,27-29,36,45H,9-10,12-13,18,21-22,24-26H2,1-6H3,(H2,40,41,48)/t27-,28+,29-,36+/m0/s1. The van der Waals surface area contributed by atoms with Crippen LogP contribution >= 0.6 is 0 Å². The van der Waals surface area contributed by atoms with Gasteiger partial charge in [-0.05, 0) is 89.8 Å². The number of fused-ring (bicyclic) bond motifs is 2. The lowest BCUT2D eigenvalue weighted by Crippen LogP contribution is -2.48. The van der Waals surface area contributed by atoms with Crippen LogP contribution in [0.25, 0.3) is 10.8 Å². The van der Waals surface area contributed by atoms with Gasteiger partial charge in [0, 0.05) is 50.2 Å². The molecule has 0 saturated carbocycles. The Bertz CT molecular complexity index is 1580. The van der Waals surface area contributed by atoms with E-state index in [1.54, 1.807) is 42.0 Å². The van der Waals surface area contributed by atoms with Gasteiger partial charge in [0.15, 0.2) is 0 Å². The molecule has 0 radical (unpaired) electrons. The van der Waals surface area contributed by atoms with E-state index in [-0.39, 0.29) is 48.7 Å². The average Bonchev–Trinajstić information content (AvgIpc) is 3.09. The lowest BCUT2D eigenvalue weighted by Gasteiger charge is -2.36. The number of urea groups is 1.